The van der Waals surface area contributed by atoms with E-state index in [1.165, 1.54) is 6.07 Å². The molecule has 0 aliphatic rings. The zero-order valence-corrected chi connectivity index (χ0v) is 8.94. The first-order chi connectivity index (χ1) is 7.70. The smallest absolute Gasteiger partial charge is 0.142 e. The van der Waals surface area contributed by atoms with Gasteiger partial charge in [-0.05, 0) is 25.1 Å². The van der Waals surface area contributed by atoms with E-state index >= 15 is 0 Å². The number of hydrogen-bond acceptors (Lipinski definition) is 3. The molecule has 0 unspecified atom stereocenters. The first-order valence-electron chi connectivity index (χ1n) is 5.00. The van der Waals surface area contributed by atoms with Gasteiger partial charge in [-0.15, -0.1) is 0 Å². The second-order valence-electron chi connectivity index (χ2n) is 3.49. The second-order valence-corrected chi connectivity index (χ2v) is 3.49. The summed E-state index contributed by atoms with van der Waals surface area (Å²) < 4.78 is 13.6. The van der Waals surface area contributed by atoms with Gasteiger partial charge in [-0.1, -0.05) is 12.1 Å². The predicted octanol–water partition coefficient (Wildman–Crippen LogP) is 2.05. The summed E-state index contributed by atoms with van der Waals surface area (Å²) in [5.74, 6) is 0.238. The van der Waals surface area contributed by atoms with E-state index in [2.05, 4.69) is 9.97 Å². The van der Waals surface area contributed by atoms with Crippen LogP contribution in [0.5, 0.6) is 0 Å². The molecule has 82 valence electrons. The van der Waals surface area contributed by atoms with Crippen LogP contribution < -0.4 is 5.73 Å². The van der Waals surface area contributed by atoms with Crippen LogP contribution in [0.1, 0.15) is 11.5 Å². The Morgan fingerprint density at radius 3 is 2.69 bits per heavy atom. The second kappa shape index (κ2) is 4.37. The fraction of sp³-hybridized carbons (Fsp3) is 0.167. The molecule has 4 heteroatoms. The van der Waals surface area contributed by atoms with Crippen molar-refractivity contribution in [1.29, 1.82) is 0 Å². The summed E-state index contributed by atoms with van der Waals surface area (Å²) >= 11 is 0. The van der Waals surface area contributed by atoms with Crippen molar-refractivity contribution in [2.45, 2.75) is 13.5 Å². The van der Waals surface area contributed by atoms with Crippen molar-refractivity contribution in [2.24, 2.45) is 5.73 Å². The van der Waals surface area contributed by atoms with E-state index < -0.39 is 0 Å². The van der Waals surface area contributed by atoms with Crippen molar-refractivity contribution in [2.75, 3.05) is 0 Å². The lowest BCUT2D eigenvalue weighted by Crippen LogP contribution is -2.05. The molecule has 0 atom stereocenters. The van der Waals surface area contributed by atoms with E-state index in [1.54, 1.807) is 24.3 Å². The molecule has 0 saturated carbocycles. The summed E-state index contributed by atoms with van der Waals surface area (Å²) in [5, 5.41) is 0. The SMILES string of the molecule is Cc1cc(-c2ccccc2F)nc(CN)n1. The third kappa shape index (κ3) is 2.06. The molecule has 16 heavy (non-hydrogen) atoms. The molecule has 0 fully saturated rings. The van der Waals surface area contributed by atoms with E-state index in [9.17, 15) is 4.39 Å². The minimum absolute atomic E-state index is 0.253. The Morgan fingerprint density at radius 2 is 2.00 bits per heavy atom. The van der Waals surface area contributed by atoms with E-state index in [4.69, 9.17) is 5.73 Å². The first-order valence-corrected chi connectivity index (χ1v) is 5.00. The minimum Gasteiger partial charge on any atom is -0.324 e. The summed E-state index contributed by atoms with van der Waals surface area (Å²) in [6, 6.07) is 8.28. The Labute approximate surface area is 93.2 Å². The van der Waals surface area contributed by atoms with Crippen LogP contribution >= 0.6 is 0 Å². The van der Waals surface area contributed by atoms with Gasteiger partial charge in [-0.25, -0.2) is 14.4 Å². The number of nitrogens with zero attached hydrogens (tertiary/aromatic N) is 2. The quantitative estimate of drug-likeness (QED) is 0.837. The van der Waals surface area contributed by atoms with Gasteiger partial charge in [0.2, 0.25) is 0 Å². The van der Waals surface area contributed by atoms with Gasteiger partial charge in [0.1, 0.15) is 11.6 Å². The van der Waals surface area contributed by atoms with Crippen molar-refractivity contribution in [3.63, 3.8) is 0 Å². The highest BCUT2D eigenvalue weighted by molar-refractivity contribution is 5.59. The Bertz CT molecular complexity index is 511. The molecule has 0 aliphatic carbocycles. The maximum atomic E-state index is 13.6. The molecule has 0 spiro atoms. The molecule has 1 aromatic carbocycles. The fourth-order valence-corrected chi connectivity index (χ4v) is 1.53. The van der Waals surface area contributed by atoms with Crippen LogP contribution in [-0.4, -0.2) is 9.97 Å². The van der Waals surface area contributed by atoms with Gasteiger partial charge in [-0.3, -0.25) is 0 Å². The zero-order chi connectivity index (χ0) is 11.5. The highest BCUT2D eigenvalue weighted by Crippen LogP contribution is 2.20. The summed E-state index contributed by atoms with van der Waals surface area (Å²) in [6.07, 6.45) is 0. The highest BCUT2D eigenvalue weighted by Gasteiger charge is 2.07. The molecule has 0 aliphatic heterocycles. The Hall–Kier alpha value is -1.81. The monoisotopic (exact) mass is 217 g/mol. The van der Waals surface area contributed by atoms with Crippen LogP contribution in [0.3, 0.4) is 0 Å². The number of aryl methyl sites for hydroxylation is 1. The summed E-state index contributed by atoms with van der Waals surface area (Å²) in [5.41, 5.74) is 7.32. The Morgan fingerprint density at radius 1 is 1.25 bits per heavy atom. The standard InChI is InChI=1S/C12H12FN3/c1-8-6-11(16-12(7-14)15-8)9-4-2-3-5-10(9)13/h2-6H,7,14H2,1H3. The Kier molecular flexibility index (Phi) is 2.92. The summed E-state index contributed by atoms with van der Waals surface area (Å²) in [6.45, 7) is 2.09. The van der Waals surface area contributed by atoms with Crippen molar-refractivity contribution in [3.8, 4) is 11.3 Å². The summed E-state index contributed by atoms with van der Waals surface area (Å²) in [4.78, 5) is 8.36. The molecule has 0 saturated heterocycles. The maximum Gasteiger partial charge on any atom is 0.142 e. The average Bonchev–Trinajstić information content (AvgIpc) is 2.28. The van der Waals surface area contributed by atoms with Crippen LogP contribution in [0.2, 0.25) is 0 Å². The molecule has 2 N–H and O–H groups in total. The summed E-state index contributed by atoms with van der Waals surface area (Å²) in [7, 11) is 0. The van der Waals surface area contributed by atoms with Crippen molar-refractivity contribution < 1.29 is 4.39 Å². The number of nitrogens with two attached hydrogens (primary N) is 1. The molecule has 2 aromatic rings. The number of aromatic nitrogens is 2. The van der Waals surface area contributed by atoms with E-state index in [0.717, 1.165) is 5.69 Å². The van der Waals surface area contributed by atoms with E-state index in [-0.39, 0.29) is 12.4 Å². The van der Waals surface area contributed by atoms with Gasteiger partial charge in [0.15, 0.2) is 0 Å². The topological polar surface area (TPSA) is 51.8 Å². The van der Waals surface area contributed by atoms with Gasteiger partial charge in [0.05, 0.1) is 12.2 Å². The van der Waals surface area contributed by atoms with Crippen LogP contribution in [0.15, 0.2) is 30.3 Å². The van der Waals surface area contributed by atoms with Gasteiger partial charge < -0.3 is 5.73 Å². The number of halogens is 1. The van der Waals surface area contributed by atoms with Crippen LogP contribution in [0.4, 0.5) is 4.39 Å². The molecule has 0 radical (unpaired) electrons. The lowest BCUT2D eigenvalue weighted by atomic mass is 10.1. The predicted molar refractivity (Wildman–Crippen MR) is 60.1 cm³/mol. The fourth-order valence-electron chi connectivity index (χ4n) is 1.53. The van der Waals surface area contributed by atoms with Crippen LogP contribution in [0, 0.1) is 12.7 Å². The lowest BCUT2D eigenvalue weighted by molar-refractivity contribution is 0.630. The van der Waals surface area contributed by atoms with Crippen molar-refractivity contribution >= 4 is 0 Å². The van der Waals surface area contributed by atoms with Crippen molar-refractivity contribution in [3.05, 3.63) is 47.7 Å². The van der Waals surface area contributed by atoms with Gasteiger partial charge in [0, 0.05) is 11.3 Å². The largest absolute Gasteiger partial charge is 0.324 e. The van der Waals surface area contributed by atoms with Crippen LogP contribution in [0.25, 0.3) is 11.3 Å². The van der Waals surface area contributed by atoms with Crippen LogP contribution in [-0.2, 0) is 6.54 Å². The highest BCUT2D eigenvalue weighted by atomic mass is 19.1. The number of hydrogen-bond donors (Lipinski definition) is 1. The Balaban J connectivity index is 2.56. The lowest BCUT2D eigenvalue weighted by Gasteiger charge is -2.05. The minimum atomic E-state index is -0.288. The molecule has 2 rings (SSSR count). The third-order valence-corrected chi connectivity index (χ3v) is 2.23. The van der Waals surface area contributed by atoms with Gasteiger partial charge >= 0.3 is 0 Å². The third-order valence-electron chi connectivity index (χ3n) is 2.23. The number of benzene rings is 1. The molecule has 3 nitrogen and oxygen atoms in total. The van der Waals surface area contributed by atoms with Gasteiger partial charge in [-0.2, -0.15) is 0 Å². The average molecular weight is 217 g/mol. The maximum absolute atomic E-state index is 13.6. The zero-order valence-electron chi connectivity index (χ0n) is 8.94. The first kappa shape index (κ1) is 10.7. The van der Waals surface area contributed by atoms with E-state index in [0.29, 0.717) is 17.1 Å². The molecular weight excluding hydrogens is 205 g/mol. The molecule has 1 heterocycles. The number of rotatable bonds is 2. The molecular formula is C12H12FN3. The molecule has 0 bridgehead atoms. The van der Waals surface area contributed by atoms with Gasteiger partial charge in [0.25, 0.3) is 0 Å². The molecule has 1 aromatic heterocycles. The normalized spacial score (nSPS) is 10.4. The van der Waals surface area contributed by atoms with Crippen molar-refractivity contribution in [1.82, 2.24) is 9.97 Å². The molecule has 0 amide bonds. The van der Waals surface area contributed by atoms with E-state index in [1.807, 2.05) is 6.92 Å².